The van der Waals surface area contributed by atoms with Crippen LogP contribution in [0.15, 0.2) is 59.7 Å². The lowest BCUT2D eigenvalue weighted by Gasteiger charge is -2.14. The van der Waals surface area contributed by atoms with E-state index in [0.717, 1.165) is 47.6 Å². The zero-order valence-corrected chi connectivity index (χ0v) is 19.8. The van der Waals surface area contributed by atoms with Crippen molar-refractivity contribution >= 4 is 34.8 Å². The molecule has 1 aliphatic heterocycles. The van der Waals surface area contributed by atoms with Gasteiger partial charge in [-0.15, -0.1) is 0 Å². The first-order valence-corrected chi connectivity index (χ1v) is 11.8. The average molecular weight is 476 g/mol. The van der Waals surface area contributed by atoms with E-state index >= 15 is 0 Å². The number of aryl methyl sites for hydroxylation is 1. The number of nitrogens with zero attached hydrogens (tertiary/aromatic N) is 5. The van der Waals surface area contributed by atoms with Gasteiger partial charge < -0.3 is 4.74 Å². The second-order valence-electron chi connectivity index (χ2n) is 8.43. The molecule has 0 saturated carbocycles. The molecule has 34 heavy (non-hydrogen) atoms. The van der Waals surface area contributed by atoms with Gasteiger partial charge in [-0.3, -0.25) is 23.8 Å². The standard InChI is InChI=1S/C26H26ClN5O2/c1-30-24-17-22(8-9-23(24)29-26(30)34-15-14-31-11-2-3-12-31)32-13-10-19(16-25(32)33)4-6-21-7-5-20(27)18-28-21/h4-10,13,16-18H,2-3,11-12,14-15H2,1H3/b6-4+. The minimum atomic E-state index is -0.116. The molecule has 0 spiro atoms. The molecule has 7 nitrogen and oxygen atoms in total. The van der Waals surface area contributed by atoms with Crippen LogP contribution < -0.4 is 10.3 Å². The summed E-state index contributed by atoms with van der Waals surface area (Å²) in [5.41, 5.74) is 3.99. The fourth-order valence-electron chi connectivity index (χ4n) is 4.19. The molecule has 0 unspecified atom stereocenters. The molecule has 8 heteroatoms. The average Bonchev–Trinajstić information content (AvgIpc) is 3.47. The fraction of sp³-hybridized carbons (Fsp3) is 0.269. The first-order chi connectivity index (χ1) is 16.6. The first kappa shape index (κ1) is 22.4. The Kier molecular flexibility index (Phi) is 6.47. The van der Waals surface area contributed by atoms with E-state index in [-0.39, 0.29) is 5.56 Å². The zero-order chi connectivity index (χ0) is 23.5. The third kappa shape index (κ3) is 4.90. The lowest BCUT2D eigenvalue weighted by molar-refractivity contribution is 0.221. The molecule has 0 radical (unpaired) electrons. The van der Waals surface area contributed by atoms with Gasteiger partial charge in [-0.1, -0.05) is 17.7 Å². The summed E-state index contributed by atoms with van der Waals surface area (Å²) in [7, 11) is 1.94. The molecule has 0 aliphatic carbocycles. The highest BCUT2D eigenvalue weighted by Gasteiger charge is 2.14. The van der Waals surface area contributed by atoms with Gasteiger partial charge in [0, 0.05) is 32.1 Å². The van der Waals surface area contributed by atoms with Crippen molar-refractivity contribution in [2.24, 2.45) is 7.05 Å². The van der Waals surface area contributed by atoms with Crippen molar-refractivity contribution in [2.45, 2.75) is 12.8 Å². The maximum absolute atomic E-state index is 12.8. The molecule has 4 heterocycles. The van der Waals surface area contributed by atoms with Crippen LogP contribution in [0.3, 0.4) is 0 Å². The van der Waals surface area contributed by atoms with Gasteiger partial charge in [0.25, 0.3) is 11.6 Å². The van der Waals surface area contributed by atoms with Crippen LogP contribution in [-0.2, 0) is 7.05 Å². The second-order valence-corrected chi connectivity index (χ2v) is 8.86. The predicted molar refractivity (Wildman–Crippen MR) is 136 cm³/mol. The van der Waals surface area contributed by atoms with Gasteiger partial charge in [0.15, 0.2) is 0 Å². The Labute approximate surface area is 202 Å². The van der Waals surface area contributed by atoms with Crippen LogP contribution in [0.25, 0.3) is 28.9 Å². The highest BCUT2D eigenvalue weighted by molar-refractivity contribution is 6.30. The Morgan fingerprint density at radius 1 is 1.09 bits per heavy atom. The number of aromatic nitrogens is 4. The molecule has 4 aromatic rings. The summed E-state index contributed by atoms with van der Waals surface area (Å²) in [6.45, 7) is 3.83. The highest BCUT2D eigenvalue weighted by Crippen LogP contribution is 2.23. The number of ether oxygens (including phenoxy) is 1. The Morgan fingerprint density at radius 3 is 2.71 bits per heavy atom. The van der Waals surface area contributed by atoms with Gasteiger partial charge in [-0.05, 0) is 74.0 Å². The van der Waals surface area contributed by atoms with Crippen molar-refractivity contribution < 1.29 is 4.74 Å². The summed E-state index contributed by atoms with van der Waals surface area (Å²) in [6.07, 6.45) is 9.62. The SMILES string of the molecule is Cn1c(OCCN2CCCC2)nc2ccc(-n3ccc(/C=C/c4ccc(Cl)cn4)cc3=O)cc21. The number of hydrogen-bond donors (Lipinski definition) is 0. The van der Waals surface area contributed by atoms with E-state index in [9.17, 15) is 4.79 Å². The molecule has 5 rings (SSSR count). The molecule has 0 atom stereocenters. The maximum atomic E-state index is 12.8. The third-order valence-electron chi connectivity index (χ3n) is 6.08. The van der Waals surface area contributed by atoms with Gasteiger partial charge in [-0.2, -0.15) is 4.98 Å². The van der Waals surface area contributed by atoms with Gasteiger partial charge in [0.2, 0.25) is 0 Å². The number of likely N-dealkylation sites (tertiary alicyclic amines) is 1. The number of hydrogen-bond acceptors (Lipinski definition) is 5. The number of rotatable bonds is 7. The van der Waals surface area contributed by atoms with Crippen molar-refractivity contribution in [3.05, 3.63) is 81.5 Å². The molecule has 3 aromatic heterocycles. The lowest BCUT2D eigenvalue weighted by atomic mass is 10.2. The molecule has 1 aliphatic rings. The lowest BCUT2D eigenvalue weighted by Crippen LogP contribution is -2.25. The summed E-state index contributed by atoms with van der Waals surface area (Å²) in [5, 5.41) is 0.589. The largest absolute Gasteiger partial charge is 0.463 e. The van der Waals surface area contributed by atoms with Gasteiger partial charge >= 0.3 is 0 Å². The summed E-state index contributed by atoms with van der Waals surface area (Å²) in [5.74, 6) is 0. The molecule has 1 aromatic carbocycles. The van der Waals surface area contributed by atoms with Crippen LogP contribution in [0.2, 0.25) is 5.02 Å². The van der Waals surface area contributed by atoms with E-state index in [0.29, 0.717) is 17.6 Å². The predicted octanol–water partition coefficient (Wildman–Crippen LogP) is 4.42. The number of imidazole rings is 1. The molecule has 174 valence electrons. The first-order valence-electron chi connectivity index (χ1n) is 11.4. The van der Waals surface area contributed by atoms with Gasteiger partial charge in [0.1, 0.15) is 6.61 Å². The van der Waals surface area contributed by atoms with Crippen molar-refractivity contribution in [3.63, 3.8) is 0 Å². The zero-order valence-electron chi connectivity index (χ0n) is 19.0. The molecule has 0 amide bonds. The minimum absolute atomic E-state index is 0.116. The van der Waals surface area contributed by atoms with Crippen molar-refractivity contribution in [1.29, 1.82) is 0 Å². The van der Waals surface area contributed by atoms with Crippen molar-refractivity contribution in [1.82, 2.24) is 24.0 Å². The fourth-order valence-corrected chi connectivity index (χ4v) is 4.30. The number of benzene rings is 1. The molecular formula is C26H26ClN5O2. The number of halogens is 1. The molecule has 0 bridgehead atoms. The van der Waals surface area contributed by atoms with E-state index in [2.05, 4.69) is 14.9 Å². The summed E-state index contributed by atoms with van der Waals surface area (Å²) in [6, 6.07) is 13.5. The van der Waals surface area contributed by atoms with E-state index in [1.807, 2.05) is 54.1 Å². The molecule has 1 saturated heterocycles. The topological polar surface area (TPSA) is 65.2 Å². The number of fused-ring (bicyclic) bond motifs is 1. The van der Waals surface area contributed by atoms with E-state index < -0.39 is 0 Å². The monoisotopic (exact) mass is 475 g/mol. The quantitative estimate of drug-likeness (QED) is 0.396. The maximum Gasteiger partial charge on any atom is 0.297 e. The summed E-state index contributed by atoms with van der Waals surface area (Å²) in [4.78, 5) is 24.1. The van der Waals surface area contributed by atoms with E-state index in [1.54, 1.807) is 29.1 Å². The van der Waals surface area contributed by atoms with Crippen molar-refractivity contribution in [3.8, 4) is 11.7 Å². The Bertz CT molecular complexity index is 1380. The Hall–Kier alpha value is -3.42. The molecule has 1 fully saturated rings. The van der Waals surface area contributed by atoms with Crippen LogP contribution in [-0.4, -0.2) is 50.2 Å². The van der Waals surface area contributed by atoms with Crippen LogP contribution in [0.1, 0.15) is 24.1 Å². The number of pyridine rings is 2. The Morgan fingerprint density at radius 2 is 1.94 bits per heavy atom. The van der Waals surface area contributed by atoms with E-state index in [4.69, 9.17) is 16.3 Å². The van der Waals surface area contributed by atoms with Crippen LogP contribution >= 0.6 is 11.6 Å². The van der Waals surface area contributed by atoms with Gasteiger partial charge in [0.05, 0.1) is 27.4 Å². The highest BCUT2D eigenvalue weighted by atomic mass is 35.5. The van der Waals surface area contributed by atoms with Crippen LogP contribution in [0.5, 0.6) is 6.01 Å². The van der Waals surface area contributed by atoms with E-state index in [1.165, 1.54) is 12.8 Å². The normalized spacial score (nSPS) is 14.4. The molecular weight excluding hydrogens is 450 g/mol. The third-order valence-corrected chi connectivity index (χ3v) is 6.30. The summed E-state index contributed by atoms with van der Waals surface area (Å²) >= 11 is 5.87. The Balaban J connectivity index is 1.33. The summed E-state index contributed by atoms with van der Waals surface area (Å²) < 4.78 is 9.52. The van der Waals surface area contributed by atoms with Gasteiger partial charge in [-0.25, -0.2) is 0 Å². The second kappa shape index (κ2) is 9.83. The minimum Gasteiger partial charge on any atom is -0.463 e. The smallest absolute Gasteiger partial charge is 0.297 e. The van der Waals surface area contributed by atoms with Crippen LogP contribution in [0.4, 0.5) is 0 Å². The van der Waals surface area contributed by atoms with Crippen LogP contribution in [0, 0.1) is 0 Å². The van der Waals surface area contributed by atoms with Crippen molar-refractivity contribution in [2.75, 3.05) is 26.2 Å². The molecule has 0 N–H and O–H groups in total.